The van der Waals surface area contributed by atoms with Crippen LogP contribution in [0.4, 0.5) is 5.69 Å². The molecule has 0 aromatic heterocycles. The summed E-state index contributed by atoms with van der Waals surface area (Å²) in [5.41, 5.74) is 0.554. The van der Waals surface area contributed by atoms with Crippen LogP contribution in [0.25, 0.3) is 0 Å². The molecular weight excluding hydrogens is 240 g/mol. The second kappa shape index (κ2) is 4.14. The predicted molar refractivity (Wildman–Crippen MR) is 65.8 cm³/mol. The van der Waals surface area contributed by atoms with Gasteiger partial charge in [-0.1, -0.05) is 0 Å². The van der Waals surface area contributed by atoms with Gasteiger partial charge in [-0.2, -0.15) is 0 Å². The number of likely N-dealkylation sites (N-methyl/N-ethyl adjacent to an activating group) is 1. The second-order valence-corrected chi connectivity index (χ2v) is 3.85. The van der Waals surface area contributed by atoms with Crippen molar-refractivity contribution in [3.63, 3.8) is 0 Å². The van der Waals surface area contributed by atoms with E-state index in [1.165, 1.54) is 11.9 Å². The Morgan fingerprint density at radius 3 is 2.12 bits per heavy atom. The van der Waals surface area contributed by atoms with Crippen LogP contribution in [0.2, 0.25) is 0 Å². The first-order valence-electron chi connectivity index (χ1n) is 4.86. The highest BCUT2D eigenvalue weighted by Gasteiger charge is 2.40. The van der Waals surface area contributed by atoms with Crippen LogP contribution in [0.5, 0.6) is 5.75 Å². The molecule has 88 valence electrons. The quantitative estimate of drug-likeness (QED) is 0.575. The van der Waals surface area contributed by atoms with Gasteiger partial charge in [0.25, 0.3) is 0 Å². The van der Waals surface area contributed by atoms with Crippen molar-refractivity contribution < 1.29 is 14.3 Å². The van der Waals surface area contributed by atoms with Gasteiger partial charge < -0.3 is 4.74 Å². The minimum absolute atomic E-state index is 0.185. The van der Waals surface area contributed by atoms with Crippen LogP contribution in [0.1, 0.15) is 0 Å². The van der Waals surface area contributed by atoms with E-state index < -0.39 is 11.8 Å². The van der Waals surface area contributed by atoms with E-state index in [4.69, 9.17) is 17.0 Å². The minimum Gasteiger partial charge on any atom is -0.497 e. The first-order chi connectivity index (χ1) is 8.06. The topological polar surface area (TPSA) is 49.9 Å². The van der Waals surface area contributed by atoms with Crippen molar-refractivity contribution in [3.05, 3.63) is 24.3 Å². The Kier molecular flexibility index (Phi) is 2.81. The Labute approximate surface area is 104 Å². The van der Waals surface area contributed by atoms with Gasteiger partial charge in [-0.3, -0.25) is 14.5 Å². The van der Waals surface area contributed by atoms with Gasteiger partial charge in [-0.15, -0.1) is 0 Å². The maximum atomic E-state index is 11.7. The lowest BCUT2D eigenvalue weighted by atomic mass is 10.3. The number of benzene rings is 1. The van der Waals surface area contributed by atoms with Crippen molar-refractivity contribution in [3.8, 4) is 5.75 Å². The van der Waals surface area contributed by atoms with E-state index in [-0.39, 0.29) is 5.11 Å². The fourth-order valence-electron chi connectivity index (χ4n) is 1.52. The van der Waals surface area contributed by atoms with E-state index >= 15 is 0 Å². The summed E-state index contributed by atoms with van der Waals surface area (Å²) >= 11 is 5.04. The molecule has 1 aliphatic heterocycles. The zero-order chi connectivity index (χ0) is 12.6. The molecule has 0 bridgehead atoms. The molecule has 1 aliphatic rings. The summed E-state index contributed by atoms with van der Waals surface area (Å²) in [5.74, 6) is -0.584. The molecule has 17 heavy (non-hydrogen) atoms. The van der Waals surface area contributed by atoms with Crippen LogP contribution in [0.15, 0.2) is 24.3 Å². The molecule has 1 saturated heterocycles. The molecule has 1 fully saturated rings. The summed E-state index contributed by atoms with van der Waals surface area (Å²) in [6, 6.07) is 6.76. The lowest BCUT2D eigenvalue weighted by molar-refractivity contribution is -0.138. The number of rotatable bonds is 2. The first-order valence-corrected chi connectivity index (χ1v) is 5.27. The van der Waals surface area contributed by atoms with Crippen molar-refractivity contribution in [1.29, 1.82) is 0 Å². The van der Waals surface area contributed by atoms with Crippen LogP contribution in [0, 0.1) is 0 Å². The Morgan fingerprint density at radius 1 is 1.12 bits per heavy atom. The molecule has 2 amide bonds. The number of anilines is 1. The highest BCUT2D eigenvalue weighted by atomic mass is 32.1. The van der Waals surface area contributed by atoms with Gasteiger partial charge in [0.2, 0.25) is 0 Å². The van der Waals surface area contributed by atoms with Crippen LogP contribution in [-0.4, -0.2) is 36.0 Å². The molecule has 0 N–H and O–H groups in total. The van der Waals surface area contributed by atoms with Gasteiger partial charge in [-0.25, -0.2) is 4.90 Å². The molecule has 0 unspecified atom stereocenters. The molecule has 0 atom stereocenters. The highest BCUT2D eigenvalue weighted by Crippen LogP contribution is 2.23. The minimum atomic E-state index is -0.636. The third-order valence-electron chi connectivity index (χ3n) is 2.50. The normalized spacial score (nSPS) is 15.8. The van der Waals surface area contributed by atoms with Gasteiger partial charge in [0.05, 0.1) is 12.8 Å². The summed E-state index contributed by atoms with van der Waals surface area (Å²) in [4.78, 5) is 25.5. The number of hydrogen-bond acceptors (Lipinski definition) is 4. The molecule has 6 heteroatoms. The molecule has 0 spiro atoms. The molecular formula is C11H10N2O3S. The Morgan fingerprint density at radius 2 is 1.71 bits per heavy atom. The van der Waals surface area contributed by atoms with Crippen molar-refractivity contribution in [2.45, 2.75) is 0 Å². The number of ether oxygens (including phenoxy) is 1. The Bertz CT molecular complexity index is 498. The van der Waals surface area contributed by atoms with E-state index in [9.17, 15) is 9.59 Å². The number of carbonyl (C=O) groups excluding carboxylic acids is 2. The molecule has 1 aromatic carbocycles. The number of amides is 2. The van der Waals surface area contributed by atoms with E-state index in [0.29, 0.717) is 11.4 Å². The number of carbonyl (C=O) groups is 2. The molecule has 5 nitrogen and oxygen atoms in total. The Balaban J connectivity index is 2.36. The van der Waals surface area contributed by atoms with Crippen molar-refractivity contribution in [2.75, 3.05) is 19.1 Å². The molecule has 0 saturated carbocycles. The zero-order valence-corrected chi connectivity index (χ0v) is 10.2. The SMILES string of the molecule is COc1ccc(N2C(=O)C(=O)N(C)C2=S)cc1. The second-order valence-electron chi connectivity index (χ2n) is 3.49. The molecule has 0 aliphatic carbocycles. The summed E-state index contributed by atoms with van der Waals surface area (Å²) in [6.07, 6.45) is 0. The lowest BCUT2D eigenvalue weighted by Crippen LogP contribution is -2.31. The monoisotopic (exact) mass is 250 g/mol. The number of thiocarbonyl (C=S) groups is 1. The smallest absolute Gasteiger partial charge is 0.323 e. The summed E-state index contributed by atoms with van der Waals surface area (Å²) in [7, 11) is 3.03. The van der Waals surface area contributed by atoms with E-state index in [2.05, 4.69) is 0 Å². The average Bonchev–Trinajstić information content (AvgIpc) is 2.54. The number of nitrogens with zero attached hydrogens (tertiary/aromatic N) is 2. The molecule has 2 rings (SSSR count). The molecule has 1 heterocycles. The molecule has 1 aromatic rings. The largest absolute Gasteiger partial charge is 0.497 e. The van der Waals surface area contributed by atoms with Crippen LogP contribution in [0.3, 0.4) is 0 Å². The fraction of sp³-hybridized carbons (Fsp3) is 0.182. The van der Waals surface area contributed by atoms with Crippen molar-refractivity contribution in [2.24, 2.45) is 0 Å². The van der Waals surface area contributed by atoms with Crippen molar-refractivity contribution in [1.82, 2.24) is 4.90 Å². The van der Waals surface area contributed by atoms with Gasteiger partial charge in [0.1, 0.15) is 5.75 Å². The van der Waals surface area contributed by atoms with Crippen LogP contribution < -0.4 is 9.64 Å². The van der Waals surface area contributed by atoms with E-state index in [0.717, 1.165) is 4.90 Å². The number of hydrogen-bond donors (Lipinski definition) is 0. The molecule has 0 radical (unpaired) electrons. The zero-order valence-electron chi connectivity index (χ0n) is 9.34. The fourth-order valence-corrected chi connectivity index (χ4v) is 1.79. The predicted octanol–water partition coefficient (Wildman–Crippen LogP) is 0.785. The van der Waals surface area contributed by atoms with Gasteiger partial charge in [0, 0.05) is 7.05 Å². The third kappa shape index (κ3) is 1.76. The van der Waals surface area contributed by atoms with Crippen molar-refractivity contribution >= 4 is 34.8 Å². The standard InChI is InChI=1S/C11H10N2O3S/c1-12-9(14)10(15)13(11(12)17)7-3-5-8(16-2)6-4-7/h3-6H,1-2H3. The average molecular weight is 250 g/mol. The summed E-state index contributed by atoms with van der Waals surface area (Å²) in [5, 5.41) is 0.185. The third-order valence-corrected chi connectivity index (χ3v) is 2.96. The summed E-state index contributed by atoms with van der Waals surface area (Å²) < 4.78 is 5.01. The van der Waals surface area contributed by atoms with Gasteiger partial charge >= 0.3 is 11.8 Å². The maximum absolute atomic E-state index is 11.7. The van der Waals surface area contributed by atoms with Crippen LogP contribution >= 0.6 is 12.2 Å². The number of methoxy groups -OCH3 is 1. The lowest BCUT2D eigenvalue weighted by Gasteiger charge is -2.15. The van der Waals surface area contributed by atoms with Gasteiger partial charge in [0.15, 0.2) is 5.11 Å². The first kappa shape index (κ1) is 11.5. The maximum Gasteiger partial charge on any atom is 0.323 e. The van der Waals surface area contributed by atoms with E-state index in [1.807, 2.05) is 0 Å². The summed E-state index contributed by atoms with van der Waals surface area (Å²) in [6.45, 7) is 0. The Hall–Kier alpha value is -1.95. The highest BCUT2D eigenvalue weighted by molar-refractivity contribution is 7.80. The van der Waals surface area contributed by atoms with E-state index in [1.54, 1.807) is 31.4 Å². The van der Waals surface area contributed by atoms with Gasteiger partial charge in [-0.05, 0) is 36.5 Å². The van der Waals surface area contributed by atoms with Crippen LogP contribution in [-0.2, 0) is 9.59 Å².